The average molecular weight is 251 g/mol. The molecule has 18 heavy (non-hydrogen) atoms. The third kappa shape index (κ3) is 2.31. The van der Waals surface area contributed by atoms with Gasteiger partial charge in [0, 0.05) is 18.9 Å². The van der Waals surface area contributed by atoms with E-state index < -0.39 is 11.7 Å². The summed E-state index contributed by atoms with van der Waals surface area (Å²) in [5.74, 6) is -0.495. The Morgan fingerprint density at radius 1 is 1.61 bits per heavy atom. The van der Waals surface area contributed by atoms with Gasteiger partial charge in [-0.15, -0.1) is 0 Å². The molecule has 0 radical (unpaired) electrons. The summed E-state index contributed by atoms with van der Waals surface area (Å²) in [6.07, 6.45) is 3.26. The second-order valence-corrected chi connectivity index (χ2v) is 3.84. The van der Waals surface area contributed by atoms with Crippen molar-refractivity contribution < 1.29 is 9.90 Å². The Morgan fingerprint density at radius 3 is 3.00 bits per heavy atom. The smallest absolute Gasteiger partial charge is 0.343 e. The molecule has 0 aliphatic carbocycles. The van der Waals surface area contributed by atoms with E-state index in [1.54, 1.807) is 23.1 Å². The summed E-state index contributed by atoms with van der Waals surface area (Å²) in [7, 11) is 0. The Balaban J connectivity index is 2.28. The molecule has 0 saturated carbocycles. The number of nitrogens with one attached hydrogen (secondary N) is 1. The summed E-state index contributed by atoms with van der Waals surface area (Å²) in [4.78, 5) is 22.1. The molecule has 2 aromatic heterocycles. The van der Waals surface area contributed by atoms with Crippen molar-refractivity contribution in [3.05, 3.63) is 34.8 Å². The number of carboxylic acids is 1. The van der Waals surface area contributed by atoms with Crippen LogP contribution in [0.3, 0.4) is 0 Å². The van der Waals surface area contributed by atoms with Crippen molar-refractivity contribution >= 4 is 5.97 Å². The third-order valence-electron chi connectivity index (χ3n) is 2.63. The molecule has 0 aliphatic rings. The van der Waals surface area contributed by atoms with Crippen molar-refractivity contribution in [1.82, 2.24) is 24.5 Å². The van der Waals surface area contributed by atoms with Gasteiger partial charge >= 0.3 is 11.7 Å². The van der Waals surface area contributed by atoms with Crippen LogP contribution >= 0.6 is 0 Å². The molecule has 8 heteroatoms. The highest BCUT2D eigenvalue weighted by atomic mass is 16.4. The molecule has 96 valence electrons. The van der Waals surface area contributed by atoms with Gasteiger partial charge < -0.3 is 5.11 Å². The molecule has 0 amide bonds. The summed E-state index contributed by atoms with van der Waals surface area (Å²) < 4.78 is 2.97. The summed E-state index contributed by atoms with van der Waals surface area (Å²) in [6.45, 7) is 1.92. The highest BCUT2D eigenvalue weighted by Crippen LogP contribution is 2.12. The lowest BCUT2D eigenvalue weighted by molar-refractivity contribution is -0.137. The SMILES string of the molecule is C[C@H](c1n[nH]c(=O)n1CCC(=O)O)n1cccn1. The van der Waals surface area contributed by atoms with E-state index in [1.165, 1.54) is 4.57 Å². The zero-order valence-corrected chi connectivity index (χ0v) is 9.78. The van der Waals surface area contributed by atoms with E-state index in [2.05, 4.69) is 15.3 Å². The maximum Gasteiger partial charge on any atom is 0.343 e. The van der Waals surface area contributed by atoms with Gasteiger partial charge in [-0.2, -0.15) is 10.2 Å². The van der Waals surface area contributed by atoms with Crippen molar-refractivity contribution in [1.29, 1.82) is 0 Å². The fraction of sp³-hybridized carbons (Fsp3) is 0.400. The number of hydrogen-bond acceptors (Lipinski definition) is 4. The number of H-pyrrole nitrogens is 1. The number of hydrogen-bond donors (Lipinski definition) is 2. The molecule has 0 saturated heterocycles. The van der Waals surface area contributed by atoms with Gasteiger partial charge in [-0.25, -0.2) is 9.89 Å². The fourth-order valence-electron chi connectivity index (χ4n) is 1.70. The topological polar surface area (TPSA) is 106 Å². The monoisotopic (exact) mass is 251 g/mol. The number of carbonyl (C=O) groups is 1. The van der Waals surface area contributed by atoms with Crippen LogP contribution < -0.4 is 5.69 Å². The van der Waals surface area contributed by atoms with Gasteiger partial charge in [0.1, 0.15) is 6.04 Å². The van der Waals surface area contributed by atoms with E-state index in [4.69, 9.17) is 5.11 Å². The lowest BCUT2D eigenvalue weighted by atomic mass is 10.3. The summed E-state index contributed by atoms with van der Waals surface area (Å²) >= 11 is 0. The molecule has 0 aromatic carbocycles. The predicted octanol–water partition coefficient (Wildman–Crippen LogP) is -0.148. The molecule has 2 N–H and O–H groups in total. The van der Waals surface area contributed by atoms with Gasteiger partial charge in [0.05, 0.1) is 6.42 Å². The van der Waals surface area contributed by atoms with E-state index in [1.807, 2.05) is 6.92 Å². The summed E-state index contributed by atoms with van der Waals surface area (Å²) in [5.41, 5.74) is -0.412. The third-order valence-corrected chi connectivity index (χ3v) is 2.63. The largest absolute Gasteiger partial charge is 0.481 e. The van der Waals surface area contributed by atoms with E-state index >= 15 is 0 Å². The quantitative estimate of drug-likeness (QED) is 0.768. The Morgan fingerprint density at radius 2 is 2.39 bits per heavy atom. The van der Waals surface area contributed by atoms with Gasteiger partial charge in [0.2, 0.25) is 0 Å². The van der Waals surface area contributed by atoms with Crippen LogP contribution in [0.1, 0.15) is 25.2 Å². The average Bonchev–Trinajstić information content (AvgIpc) is 2.95. The van der Waals surface area contributed by atoms with Crippen molar-refractivity contribution in [2.24, 2.45) is 0 Å². The minimum absolute atomic E-state index is 0.0889. The number of aromatic amines is 1. The zero-order valence-electron chi connectivity index (χ0n) is 9.78. The molecular formula is C10H13N5O3. The van der Waals surface area contributed by atoms with Gasteiger partial charge in [-0.05, 0) is 13.0 Å². The Bertz CT molecular complexity index is 583. The standard InChI is InChI=1S/C10H13N5O3/c1-7(15-5-2-4-11-15)9-12-13-10(18)14(9)6-3-8(16)17/h2,4-5,7H,3,6H2,1H3,(H,13,18)(H,16,17)/t7-/m1/s1. The van der Waals surface area contributed by atoms with Gasteiger partial charge in [0.25, 0.3) is 0 Å². The van der Waals surface area contributed by atoms with Crippen molar-refractivity contribution in [3.8, 4) is 0 Å². The van der Waals surface area contributed by atoms with Crippen molar-refractivity contribution in [2.45, 2.75) is 25.9 Å². The van der Waals surface area contributed by atoms with Gasteiger partial charge in [-0.1, -0.05) is 0 Å². The van der Waals surface area contributed by atoms with E-state index in [0.717, 1.165) is 0 Å². The van der Waals surface area contributed by atoms with Crippen LogP contribution in [-0.2, 0) is 11.3 Å². The molecule has 2 aromatic rings. The highest BCUT2D eigenvalue weighted by molar-refractivity contribution is 5.66. The molecule has 2 rings (SSSR count). The minimum Gasteiger partial charge on any atom is -0.481 e. The van der Waals surface area contributed by atoms with E-state index in [-0.39, 0.29) is 19.0 Å². The second-order valence-electron chi connectivity index (χ2n) is 3.84. The van der Waals surface area contributed by atoms with Gasteiger partial charge in [-0.3, -0.25) is 14.0 Å². The first-order valence-electron chi connectivity index (χ1n) is 5.45. The van der Waals surface area contributed by atoms with E-state index in [9.17, 15) is 9.59 Å². The number of rotatable bonds is 5. The summed E-state index contributed by atoms with van der Waals surface area (Å²) in [6, 6.07) is 1.52. The molecular weight excluding hydrogens is 238 g/mol. The van der Waals surface area contributed by atoms with Crippen molar-refractivity contribution in [2.75, 3.05) is 0 Å². The summed E-state index contributed by atoms with van der Waals surface area (Å²) in [5, 5.41) is 19.0. The molecule has 0 fully saturated rings. The first-order chi connectivity index (χ1) is 8.59. The fourth-order valence-corrected chi connectivity index (χ4v) is 1.70. The molecule has 0 unspecified atom stereocenters. The van der Waals surface area contributed by atoms with E-state index in [0.29, 0.717) is 5.82 Å². The predicted molar refractivity (Wildman–Crippen MR) is 61.1 cm³/mol. The molecule has 0 aliphatic heterocycles. The molecule has 0 spiro atoms. The Hall–Kier alpha value is -2.38. The molecule has 2 heterocycles. The lowest BCUT2D eigenvalue weighted by Gasteiger charge is -2.12. The van der Waals surface area contributed by atoms with Crippen LogP contribution in [0.2, 0.25) is 0 Å². The number of aromatic nitrogens is 5. The van der Waals surface area contributed by atoms with Crippen molar-refractivity contribution in [3.63, 3.8) is 0 Å². The maximum atomic E-state index is 11.5. The Labute approximate surface area is 102 Å². The number of nitrogens with zero attached hydrogens (tertiary/aromatic N) is 4. The molecule has 0 bridgehead atoms. The molecule has 1 atom stereocenters. The number of carboxylic acid groups (broad SMARTS) is 1. The van der Waals surface area contributed by atoms with Crippen LogP contribution in [0.25, 0.3) is 0 Å². The van der Waals surface area contributed by atoms with Crippen LogP contribution in [0.4, 0.5) is 0 Å². The number of aliphatic carboxylic acids is 1. The Kier molecular flexibility index (Phi) is 3.26. The minimum atomic E-state index is -0.958. The van der Waals surface area contributed by atoms with Crippen LogP contribution in [0, 0.1) is 0 Å². The van der Waals surface area contributed by atoms with Crippen LogP contribution in [0.5, 0.6) is 0 Å². The normalized spacial score (nSPS) is 12.5. The highest BCUT2D eigenvalue weighted by Gasteiger charge is 2.17. The lowest BCUT2D eigenvalue weighted by Crippen LogP contribution is -2.23. The van der Waals surface area contributed by atoms with Crippen LogP contribution in [-0.4, -0.2) is 35.6 Å². The van der Waals surface area contributed by atoms with Crippen LogP contribution in [0.15, 0.2) is 23.3 Å². The first-order valence-corrected chi connectivity index (χ1v) is 5.45. The first kappa shape index (κ1) is 12.1. The molecule has 8 nitrogen and oxygen atoms in total. The maximum absolute atomic E-state index is 11.5. The zero-order chi connectivity index (χ0) is 13.1. The second kappa shape index (κ2) is 4.86. The van der Waals surface area contributed by atoms with Gasteiger partial charge in [0.15, 0.2) is 5.82 Å².